The molecule has 0 radical (unpaired) electrons. The molecule has 1 aromatic heterocycles. The maximum absolute atomic E-state index is 14.8. The zero-order valence-electron chi connectivity index (χ0n) is 60.3. The summed E-state index contributed by atoms with van der Waals surface area (Å²) < 4.78 is 0. The molecule has 38 heteroatoms. The number of nitrogens with two attached hydrogens (primary N) is 6. The second-order valence-electron chi connectivity index (χ2n) is 26.2. The number of unbranched alkanes of at least 4 members (excludes halogenated alkanes) is 2. The number of carbonyl (C=O) groups is 14. The molecule has 0 aliphatic carbocycles. The summed E-state index contributed by atoms with van der Waals surface area (Å²) in [6.45, 7) is 11.7. The molecule has 1 heterocycles. The van der Waals surface area contributed by atoms with Crippen molar-refractivity contribution >= 4 is 99.7 Å². The van der Waals surface area contributed by atoms with E-state index in [1.165, 1.54) is 20.0 Å². The van der Waals surface area contributed by atoms with Gasteiger partial charge < -0.3 is 123 Å². The summed E-state index contributed by atoms with van der Waals surface area (Å²) in [4.78, 5) is 200. The predicted molar refractivity (Wildman–Crippen MR) is 379 cm³/mol. The highest BCUT2D eigenvalue weighted by molar-refractivity contribution is 6.01. The predicted octanol–water partition coefficient (Wildman–Crippen LogP) is -5.99. The van der Waals surface area contributed by atoms with Crippen LogP contribution in [0.5, 0.6) is 0 Å². The van der Waals surface area contributed by atoms with E-state index in [9.17, 15) is 92.7 Å². The van der Waals surface area contributed by atoms with Gasteiger partial charge in [0.2, 0.25) is 70.9 Å². The van der Waals surface area contributed by atoms with Gasteiger partial charge in [-0.3, -0.25) is 67.3 Å². The average Bonchev–Trinajstić information content (AvgIpc) is 1.54. The SMILES string of the molecule is CC[C@H](C)[C@H](NC(=O)[C@H](CCCCN)NC(=O)[C@H](CC(N)=O)NC(=O)[C@H](Cc1c[nH]c2ccccc12)NC(=O)[C@H](CC(=O)O)NC(=O)[C@@H](NC(=O)[C@H](CCCCN)NC(=O)[C@@H](NC(=O)[C@H](CCCN=C(N)N)NC(=O)[C@@H](N)[C@@H](C)O)[C@@H](C)O)[C@@H](C)CC)C(=O)N[C@@H](CC(C)C)C(=O)N[C@@H](CO)C(=O)O. The third-order valence-corrected chi connectivity index (χ3v) is 17.1. The summed E-state index contributed by atoms with van der Waals surface area (Å²) in [6, 6.07) is -12.8. The van der Waals surface area contributed by atoms with Crippen LogP contribution in [0.25, 0.3) is 10.9 Å². The number of fused-ring (bicyclic) bond motifs is 1. The summed E-state index contributed by atoms with van der Waals surface area (Å²) in [5.74, 6) is -17.8. The van der Waals surface area contributed by atoms with E-state index in [4.69, 9.17) is 34.4 Å². The highest BCUT2D eigenvalue weighted by atomic mass is 16.4. The van der Waals surface area contributed by atoms with E-state index in [2.05, 4.69) is 68.5 Å². The Hall–Kier alpha value is -9.63. The number of carboxylic acid groups (broad SMARTS) is 2. The number of aromatic nitrogens is 1. The van der Waals surface area contributed by atoms with Crippen molar-refractivity contribution in [2.45, 2.75) is 230 Å². The largest absolute Gasteiger partial charge is 0.481 e. The lowest BCUT2D eigenvalue weighted by molar-refractivity contribution is -0.143. The number of guanidine groups is 1. The van der Waals surface area contributed by atoms with Crippen molar-refractivity contribution in [2.24, 2.45) is 57.1 Å². The van der Waals surface area contributed by atoms with Crippen molar-refractivity contribution in [2.75, 3.05) is 26.2 Å². The van der Waals surface area contributed by atoms with E-state index in [-0.39, 0.29) is 89.3 Å². The number of carboxylic acids is 2. The van der Waals surface area contributed by atoms with E-state index in [1.807, 2.05) is 0 Å². The van der Waals surface area contributed by atoms with Crippen molar-refractivity contribution < 1.29 is 92.7 Å². The minimum atomic E-state index is -2.03. The molecule has 0 fully saturated rings. The van der Waals surface area contributed by atoms with Gasteiger partial charge in [0.05, 0.1) is 31.7 Å². The molecular weight excluding hydrogens is 1360 g/mol. The molecule has 1 aromatic carbocycles. The third-order valence-electron chi connectivity index (χ3n) is 17.1. The number of benzene rings is 1. The Kier molecular flexibility index (Phi) is 40.1. The van der Waals surface area contributed by atoms with Gasteiger partial charge in [0, 0.05) is 30.1 Å². The maximum atomic E-state index is 14.8. The lowest BCUT2D eigenvalue weighted by atomic mass is 9.96. The van der Waals surface area contributed by atoms with Gasteiger partial charge >= 0.3 is 11.9 Å². The molecule has 0 unspecified atom stereocenters. The molecule has 2 rings (SSSR count). The molecule has 16 atom stereocenters. The van der Waals surface area contributed by atoms with Crippen LogP contribution in [-0.4, -0.2) is 230 Å². The standard InChI is InChI=1S/C66H111N19O19/c1-9-33(5)51(62(100)80-43(26-32(3)4)57(95)82-47(31-86)65(103)104)83-54(92)40(20-13-15-23-67)75-59(97)45(28-48(69)89)79-58(96)44(27-37-30-74-39-19-12-11-18-38(37)39)78-60(98)46(29-49(90)91)81-63(101)52(34(6)10-2)84-55(93)41(21-14-16-24-68)77-64(102)53(36(8)88)85-56(94)42(22-17-25-73-66(71)72)76-61(99)50(70)35(7)87/h11-12,18-19,30,32-36,40-47,50-53,74,86-88H,9-10,13-17,20-29,31,67-68,70H2,1-8H3,(H2,69,89)(H,75,97)(H,76,99)(H,77,102)(H,78,98)(H,79,96)(H,80,100)(H,81,101)(H,82,95)(H,83,92)(H,84,93)(H,85,94)(H,90,91)(H,103,104)(H4,71,72,73)/t33-,34-,35+,36+,40-,41-,42-,43-,44-,45-,46-,47-,50-,51-,52-,53-/m0/s1. The third kappa shape index (κ3) is 31.1. The Morgan fingerprint density at radius 3 is 1.34 bits per heavy atom. The van der Waals surface area contributed by atoms with Crippen LogP contribution in [0.2, 0.25) is 0 Å². The Balaban J connectivity index is 2.64. The molecular formula is C66H111N19O19. The average molecular weight is 1470 g/mol. The van der Waals surface area contributed by atoms with Crippen LogP contribution in [0.3, 0.4) is 0 Å². The minimum absolute atomic E-state index is 0.00296. The first-order chi connectivity index (χ1) is 48.9. The van der Waals surface area contributed by atoms with Crippen molar-refractivity contribution in [3.63, 3.8) is 0 Å². The number of aromatic amines is 1. The van der Waals surface area contributed by atoms with Gasteiger partial charge in [-0.05, 0) is 114 Å². The fraction of sp³-hybridized carbons (Fsp3) is 0.652. The molecule has 584 valence electrons. The Labute approximate surface area is 603 Å². The quantitative estimate of drug-likeness (QED) is 0.0167. The highest BCUT2D eigenvalue weighted by Crippen LogP contribution is 2.21. The zero-order chi connectivity index (χ0) is 78.7. The number of aliphatic carboxylic acids is 2. The topological polar surface area (TPSA) is 657 Å². The first-order valence-electron chi connectivity index (χ1n) is 34.8. The summed E-state index contributed by atoms with van der Waals surface area (Å²) in [6.07, 6.45) is -2.76. The normalized spacial score (nSPS) is 15.9. The molecule has 0 saturated carbocycles. The summed E-state index contributed by atoms with van der Waals surface area (Å²) >= 11 is 0. The fourth-order valence-corrected chi connectivity index (χ4v) is 10.6. The lowest BCUT2D eigenvalue weighted by Crippen LogP contribution is -2.62. The van der Waals surface area contributed by atoms with Crippen LogP contribution in [0.15, 0.2) is 35.5 Å². The molecule has 0 bridgehead atoms. The van der Waals surface area contributed by atoms with Crippen LogP contribution in [0.1, 0.15) is 144 Å². The van der Waals surface area contributed by atoms with Gasteiger partial charge in [0.25, 0.3) is 0 Å². The number of nitrogens with zero attached hydrogens (tertiary/aromatic N) is 1. The van der Waals surface area contributed by atoms with Gasteiger partial charge in [-0.2, -0.15) is 0 Å². The smallest absolute Gasteiger partial charge is 0.328 e. The van der Waals surface area contributed by atoms with Crippen molar-refractivity contribution in [3.8, 4) is 0 Å². The van der Waals surface area contributed by atoms with Crippen molar-refractivity contribution in [1.82, 2.24) is 63.5 Å². The minimum Gasteiger partial charge on any atom is -0.481 e. The summed E-state index contributed by atoms with van der Waals surface area (Å²) in [5, 5.41) is 77.7. The van der Waals surface area contributed by atoms with Crippen LogP contribution in [0.4, 0.5) is 0 Å². The second kappa shape index (κ2) is 46.2. The van der Waals surface area contributed by atoms with E-state index in [0.29, 0.717) is 29.3 Å². The van der Waals surface area contributed by atoms with E-state index in [0.717, 1.165) is 6.92 Å². The Bertz CT molecular complexity index is 3240. The molecule has 104 heavy (non-hydrogen) atoms. The number of aliphatic hydroxyl groups is 3. The van der Waals surface area contributed by atoms with Gasteiger partial charge in [-0.1, -0.05) is 72.6 Å². The highest BCUT2D eigenvalue weighted by Gasteiger charge is 2.40. The number of carbonyl (C=O) groups excluding carboxylic acids is 12. The van der Waals surface area contributed by atoms with Gasteiger partial charge in [0.15, 0.2) is 5.96 Å². The number of rotatable bonds is 50. The van der Waals surface area contributed by atoms with Crippen LogP contribution in [-0.2, 0) is 73.5 Å². The zero-order valence-corrected chi connectivity index (χ0v) is 60.3. The second-order valence-corrected chi connectivity index (χ2v) is 26.2. The lowest BCUT2D eigenvalue weighted by Gasteiger charge is -2.30. The number of aliphatic imine (C=N–C) groups is 1. The Morgan fingerprint density at radius 2 is 0.885 bits per heavy atom. The summed E-state index contributed by atoms with van der Waals surface area (Å²) in [5.41, 5.74) is 34.8. The van der Waals surface area contributed by atoms with E-state index >= 15 is 0 Å². The van der Waals surface area contributed by atoms with E-state index < -0.39 is 205 Å². The number of primary amides is 1. The van der Waals surface area contributed by atoms with Gasteiger partial charge in [-0.25, -0.2) is 4.79 Å². The Morgan fingerprint density at radius 1 is 0.481 bits per heavy atom. The van der Waals surface area contributed by atoms with Crippen LogP contribution in [0, 0.1) is 17.8 Å². The number of hydrogen-bond acceptors (Lipinski definition) is 21. The number of H-pyrrole nitrogens is 1. The molecule has 0 aliphatic heterocycles. The molecule has 38 nitrogen and oxygen atoms in total. The van der Waals surface area contributed by atoms with Gasteiger partial charge in [-0.15, -0.1) is 0 Å². The van der Waals surface area contributed by atoms with Gasteiger partial charge in [0.1, 0.15) is 72.5 Å². The molecule has 0 saturated heterocycles. The molecule has 0 spiro atoms. The van der Waals surface area contributed by atoms with E-state index in [1.54, 1.807) is 58.9 Å². The molecule has 0 aliphatic rings. The number of para-hydroxylation sites is 1. The molecule has 12 amide bonds. The number of hydrogen-bond donors (Lipinski definition) is 23. The van der Waals surface area contributed by atoms with Crippen molar-refractivity contribution in [1.29, 1.82) is 0 Å². The first-order valence-corrected chi connectivity index (χ1v) is 34.8. The molecule has 29 N–H and O–H groups in total. The van der Waals surface area contributed by atoms with Crippen LogP contribution >= 0.6 is 0 Å². The van der Waals surface area contributed by atoms with Crippen LogP contribution < -0.4 is 92.9 Å². The number of nitrogens with one attached hydrogen (secondary N) is 12. The first kappa shape index (κ1) is 90.5. The monoisotopic (exact) mass is 1470 g/mol. The fourth-order valence-electron chi connectivity index (χ4n) is 10.6. The summed E-state index contributed by atoms with van der Waals surface area (Å²) in [7, 11) is 0. The molecule has 2 aromatic rings. The maximum Gasteiger partial charge on any atom is 0.328 e. The van der Waals surface area contributed by atoms with Crippen molar-refractivity contribution in [3.05, 3.63) is 36.0 Å². The number of aliphatic hydroxyl groups excluding tert-OH is 3. The number of amides is 12.